The van der Waals surface area contributed by atoms with Gasteiger partial charge >= 0.3 is 18.3 Å². The Labute approximate surface area is 104 Å². The predicted molar refractivity (Wildman–Crippen MR) is 54.2 cm³/mol. The maximum absolute atomic E-state index is 12.8. The topological polar surface area (TPSA) is 0 Å². The molecule has 0 aliphatic carbocycles. The van der Waals surface area contributed by atoms with Gasteiger partial charge in [0.15, 0.2) is 0 Å². The molecule has 0 saturated heterocycles. The van der Waals surface area contributed by atoms with Crippen LogP contribution in [0.5, 0.6) is 0 Å². The molecule has 0 aromatic heterocycles. The number of hydrogen-bond donors (Lipinski definition) is 0. The average Bonchev–Trinajstić information content (AvgIpc) is 2.28. The van der Waals surface area contributed by atoms with Crippen molar-refractivity contribution in [3.05, 3.63) is 34.9 Å². The summed E-state index contributed by atoms with van der Waals surface area (Å²) in [6, 6.07) is 5.00. The lowest BCUT2D eigenvalue weighted by atomic mass is 10.1. The summed E-state index contributed by atoms with van der Waals surface area (Å²) in [5, 5.41) is 0.297. The minimum atomic E-state index is -5.49. The second kappa shape index (κ2) is 5.11. The Balaban J connectivity index is 3.00. The van der Waals surface area contributed by atoms with Gasteiger partial charge in [0.1, 0.15) is 0 Å². The first kappa shape index (κ1) is 14.7. The van der Waals surface area contributed by atoms with Crippen molar-refractivity contribution in [1.82, 2.24) is 0 Å². The molecule has 1 rings (SSSR count). The third-order valence-corrected chi connectivity index (χ3v) is 2.15. The standard InChI is InChI=1S/C11H5ClF6/c12-8-3-1-7(2-4-8)5-6-10(15,16)11(17,18)9(13)14/h1-4,9H. The van der Waals surface area contributed by atoms with E-state index in [-0.39, 0.29) is 5.56 Å². The minimum absolute atomic E-state index is 0.0378. The molecule has 0 heterocycles. The summed E-state index contributed by atoms with van der Waals surface area (Å²) >= 11 is 5.50. The maximum Gasteiger partial charge on any atom is 0.380 e. The van der Waals surface area contributed by atoms with Gasteiger partial charge in [0, 0.05) is 10.6 Å². The first-order chi connectivity index (χ1) is 8.17. The monoisotopic (exact) mass is 286 g/mol. The van der Waals surface area contributed by atoms with E-state index in [0.29, 0.717) is 5.02 Å². The molecule has 0 atom stereocenters. The van der Waals surface area contributed by atoms with Gasteiger partial charge in [0.25, 0.3) is 0 Å². The van der Waals surface area contributed by atoms with Crippen LogP contribution in [0.25, 0.3) is 0 Å². The lowest BCUT2D eigenvalue weighted by Gasteiger charge is -2.20. The average molecular weight is 287 g/mol. The quantitative estimate of drug-likeness (QED) is 0.564. The van der Waals surface area contributed by atoms with Crippen LogP contribution in [0.3, 0.4) is 0 Å². The van der Waals surface area contributed by atoms with Gasteiger partial charge in [-0.2, -0.15) is 17.6 Å². The zero-order chi connectivity index (χ0) is 14.0. The zero-order valence-electron chi connectivity index (χ0n) is 8.53. The Morgan fingerprint density at radius 1 is 1.00 bits per heavy atom. The largest absolute Gasteiger partial charge is 0.380 e. The third-order valence-electron chi connectivity index (χ3n) is 1.90. The molecule has 0 aliphatic rings. The van der Waals surface area contributed by atoms with Crippen molar-refractivity contribution in [2.75, 3.05) is 0 Å². The third kappa shape index (κ3) is 3.10. The summed E-state index contributed by atoms with van der Waals surface area (Å²) < 4.78 is 74.1. The lowest BCUT2D eigenvalue weighted by Crippen LogP contribution is -2.45. The van der Waals surface area contributed by atoms with Gasteiger partial charge in [0.05, 0.1) is 0 Å². The number of alkyl halides is 6. The van der Waals surface area contributed by atoms with E-state index in [0.717, 1.165) is 5.92 Å². The van der Waals surface area contributed by atoms with Crippen molar-refractivity contribution >= 4 is 11.6 Å². The van der Waals surface area contributed by atoms with Gasteiger partial charge in [-0.05, 0) is 30.2 Å². The zero-order valence-corrected chi connectivity index (χ0v) is 9.29. The fourth-order valence-electron chi connectivity index (χ4n) is 0.904. The molecule has 0 unspecified atom stereocenters. The Morgan fingerprint density at radius 3 is 1.94 bits per heavy atom. The van der Waals surface area contributed by atoms with Crippen LogP contribution in [0.1, 0.15) is 5.56 Å². The first-order valence-electron chi connectivity index (χ1n) is 4.49. The summed E-state index contributed by atoms with van der Waals surface area (Å²) in [6.45, 7) is 0. The summed E-state index contributed by atoms with van der Waals surface area (Å²) in [6.07, 6.45) is -4.49. The highest BCUT2D eigenvalue weighted by molar-refractivity contribution is 6.30. The molecule has 0 bridgehead atoms. The van der Waals surface area contributed by atoms with Crippen LogP contribution in [-0.4, -0.2) is 18.3 Å². The molecule has 98 valence electrons. The fraction of sp³-hybridized carbons (Fsp3) is 0.273. The van der Waals surface area contributed by atoms with Gasteiger partial charge in [-0.1, -0.05) is 17.5 Å². The number of halogens is 7. The SMILES string of the molecule is FC(F)C(F)(F)C(F)(F)C#Cc1ccc(Cl)cc1. The molecule has 0 aliphatic heterocycles. The Morgan fingerprint density at radius 2 is 1.50 bits per heavy atom. The van der Waals surface area contributed by atoms with E-state index in [9.17, 15) is 26.3 Å². The highest BCUT2D eigenvalue weighted by Gasteiger charge is 2.62. The Hall–Kier alpha value is -1.35. The second-order valence-corrected chi connectivity index (χ2v) is 3.69. The second-order valence-electron chi connectivity index (χ2n) is 3.25. The number of hydrogen-bond acceptors (Lipinski definition) is 0. The molecule has 0 spiro atoms. The predicted octanol–water partition coefficient (Wildman–Crippen LogP) is 4.23. The molecule has 0 nitrogen and oxygen atoms in total. The molecule has 0 amide bonds. The van der Waals surface area contributed by atoms with E-state index >= 15 is 0 Å². The van der Waals surface area contributed by atoms with Crippen molar-refractivity contribution in [2.45, 2.75) is 18.3 Å². The normalized spacial score (nSPS) is 12.2. The maximum atomic E-state index is 12.8. The van der Waals surface area contributed by atoms with Gasteiger partial charge < -0.3 is 0 Å². The van der Waals surface area contributed by atoms with Gasteiger partial charge in [-0.25, -0.2) is 8.78 Å². The van der Waals surface area contributed by atoms with E-state index < -0.39 is 18.3 Å². The first-order valence-corrected chi connectivity index (χ1v) is 4.87. The lowest BCUT2D eigenvalue weighted by molar-refractivity contribution is -0.237. The summed E-state index contributed by atoms with van der Waals surface area (Å²) in [5.74, 6) is -8.04. The molecular formula is C11H5ClF6. The van der Waals surface area contributed by atoms with E-state index in [1.54, 1.807) is 5.92 Å². The number of rotatable bonds is 2. The van der Waals surface area contributed by atoms with Crippen molar-refractivity contribution in [2.24, 2.45) is 0 Å². The highest BCUT2D eigenvalue weighted by Crippen LogP contribution is 2.38. The Bertz CT molecular complexity index is 469. The summed E-state index contributed by atoms with van der Waals surface area (Å²) in [4.78, 5) is 0. The van der Waals surface area contributed by atoms with E-state index in [2.05, 4.69) is 0 Å². The highest BCUT2D eigenvalue weighted by atomic mass is 35.5. The van der Waals surface area contributed by atoms with Crippen molar-refractivity contribution in [3.63, 3.8) is 0 Å². The fourth-order valence-corrected chi connectivity index (χ4v) is 1.03. The van der Waals surface area contributed by atoms with Crippen molar-refractivity contribution in [1.29, 1.82) is 0 Å². The van der Waals surface area contributed by atoms with Crippen LogP contribution in [0.2, 0.25) is 5.02 Å². The molecular weight excluding hydrogens is 282 g/mol. The van der Waals surface area contributed by atoms with E-state index in [1.165, 1.54) is 24.3 Å². The number of benzene rings is 1. The summed E-state index contributed by atoms with van der Waals surface area (Å²) in [5.41, 5.74) is -0.0378. The molecule has 7 heteroatoms. The van der Waals surface area contributed by atoms with Crippen molar-refractivity contribution < 1.29 is 26.3 Å². The minimum Gasteiger partial charge on any atom is -0.203 e. The molecule has 0 N–H and O–H groups in total. The van der Waals surface area contributed by atoms with Crippen molar-refractivity contribution in [3.8, 4) is 11.8 Å². The van der Waals surface area contributed by atoms with Crippen LogP contribution in [0, 0.1) is 11.8 Å². The van der Waals surface area contributed by atoms with Crippen LogP contribution in [0.15, 0.2) is 24.3 Å². The van der Waals surface area contributed by atoms with Gasteiger partial charge in [0.2, 0.25) is 0 Å². The van der Waals surface area contributed by atoms with E-state index in [4.69, 9.17) is 11.6 Å². The van der Waals surface area contributed by atoms with E-state index in [1.807, 2.05) is 0 Å². The Kier molecular flexibility index (Phi) is 4.17. The molecule has 0 saturated carbocycles. The van der Waals surface area contributed by atoms with Crippen LogP contribution in [-0.2, 0) is 0 Å². The van der Waals surface area contributed by atoms with Gasteiger partial charge in [-0.3, -0.25) is 0 Å². The summed E-state index contributed by atoms with van der Waals surface area (Å²) in [7, 11) is 0. The van der Waals surface area contributed by atoms with Crippen LogP contribution in [0.4, 0.5) is 26.3 Å². The van der Waals surface area contributed by atoms with Crippen LogP contribution >= 0.6 is 11.6 Å². The van der Waals surface area contributed by atoms with Gasteiger partial charge in [-0.15, -0.1) is 0 Å². The van der Waals surface area contributed by atoms with Crippen LogP contribution < -0.4 is 0 Å². The smallest absolute Gasteiger partial charge is 0.203 e. The molecule has 0 radical (unpaired) electrons. The molecule has 1 aromatic carbocycles. The molecule has 0 fully saturated rings. The molecule has 1 aromatic rings. The molecule has 18 heavy (non-hydrogen) atoms.